The molecule has 0 atom stereocenters. The molecule has 25 heavy (non-hydrogen) atoms. The van der Waals surface area contributed by atoms with Crippen molar-refractivity contribution < 1.29 is 27.4 Å². The van der Waals surface area contributed by atoms with Gasteiger partial charge in [-0.25, -0.2) is 4.79 Å². The second-order valence-electron chi connectivity index (χ2n) is 5.50. The fourth-order valence-corrected chi connectivity index (χ4v) is 2.60. The lowest BCUT2D eigenvalue weighted by atomic mass is 10.1. The average molecular weight is 349 g/mol. The van der Waals surface area contributed by atoms with Gasteiger partial charge < -0.3 is 9.47 Å². The molecular weight excluding hydrogens is 335 g/mol. The Labute approximate surface area is 141 Å². The molecule has 3 rings (SSSR count). The number of fused-ring (bicyclic) bond motifs is 1. The van der Waals surface area contributed by atoms with E-state index in [0.29, 0.717) is 23.4 Å². The minimum absolute atomic E-state index is 0.197. The Balaban J connectivity index is 1.67. The molecular formula is C18H14F3NO3. The first-order chi connectivity index (χ1) is 11.9. The molecule has 2 aromatic rings. The first kappa shape index (κ1) is 17.0. The van der Waals surface area contributed by atoms with Crippen LogP contribution >= 0.6 is 0 Å². The summed E-state index contributed by atoms with van der Waals surface area (Å²) in [6.07, 6.45) is -0.550. The third kappa shape index (κ3) is 3.65. The molecule has 0 unspecified atom stereocenters. The van der Waals surface area contributed by atoms with Gasteiger partial charge in [-0.15, -0.1) is 0 Å². The van der Waals surface area contributed by atoms with E-state index in [9.17, 15) is 18.0 Å². The highest BCUT2D eigenvalue weighted by Gasteiger charge is 2.30. The molecule has 0 N–H and O–H groups in total. The predicted octanol–water partition coefficient (Wildman–Crippen LogP) is 3.91. The molecule has 1 heterocycles. The van der Waals surface area contributed by atoms with Gasteiger partial charge in [-0.2, -0.15) is 13.2 Å². The average Bonchev–Trinajstić information content (AvgIpc) is 3.02. The maximum Gasteiger partial charge on any atom is 0.416 e. The summed E-state index contributed by atoms with van der Waals surface area (Å²) in [5, 5.41) is 0. The minimum atomic E-state index is -4.37. The third-order valence-electron chi connectivity index (χ3n) is 3.84. The van der Waals surface area contributed by atoms with E-state index >= 15 is 0 Å². The van der Waals surface area contributed by atoms with Gasteiger partial charge in [-0.3, -0.25) is 4.98 Å². The van der Waals surface area contributed by atoms with Crippen molar-refractivity contribution in [2.45, 2.75) is 12.6 Å². The number of alkyl halides is 3. The zero-order valence-corrected chi connectivity index (χ0v) is 13.3. The van der Waals surface area contributed by atoms with Gasteiger partial charge in [0, 0.05) is 12.6 Å². The number of hydrogen-bond donors (Lipinski definition) is 0. The fraction of sp³-hybridized carbons (Fsp3) is 0.222. The van der Waals surface area contributed by atoms with Gasteiger partial charge in [0.15, 0.2) is 0 Å². The van der Waals surface area contributed by atoms with E-state index in [-0.39, 0.29) is 6.61 Å². The van der Waals surface area contributed by atoms with Crippen molar-refractivity contribution in [3.63, 3.8) is 0 Å². The molecule has 7 heteroatoms. The Hall–Kier alpha value is -2.83. The van der Waals surface area contributed by atoms with Gasteiger partial charge in [-0.05, 0) is 47.5 Å². The summed E-state index contributed by atoms with van der Waals surface area (Å²) in [6, 6.07) is 6.11. The number of pyridine rings is 1. The number of esters is 1. The molecule has 1 aliphatic carbocycles. The van der Waals surface area contributed by atoms with E-state index in [4.69, 9.17) is 9.47 Å². The molecule has 0 saturated carbocycles. The highest BCUT2D eigenvalue weighted by Crippen LogP contribution is 2.31. The lowest BCUT2D eigenvalue weighted by Gasteiger charge is -2.10. The fourth-order valence-electron chi connectivity index (χ4n) is 2.60. The predicted molar refractivity (Wildman–Crippen MR) is 84.2 cm³/mol. The van der Waals surface area contributed by atoms with Crippen LogP contribution in [-0.4, -0.2) is 24.7 Å². The second kappa shape index (κ2) is 6.58. The molecule has 0 fully saturated rings. The third-order valence-corrected chi connectivity index (χ3v) is 3.84. The topological polar surface area (TPSA) is 48.4 Å². The smallest absolute Gasteiger partial charge is 0.416 e. The van der Waals surface area contributed by atoms with Crippen molar-refractivity contribution in [2.75, 3.05) is 13.7 Å². The standard InChI is InChI=1S/C18H14F3NO3/c1-24-17(23)14-6-7-22-16-9-11(8-15(14)16)10-25-13-4-2-12(3-5-13)18(19,20)21/h2-7,9H,8,10H2,1H3. The molecule has 4 nitrogen and oxygen atoms in total. The number of nitrogens with zero attached hydrogens (tertiary/aromatic N) is 1. The zero-order valence-electron chi connectivity index (χ0n) is 13.3. The van der Waals surface area contributed by atoms with E-state index in [0.717, 1.165) is 23.3 Å². The summed E-state index contributed by atoms with van der Waals surface area (Å²) in [5.74, 6) is -0.0945. The number of carbonyl (C=O) groups is 1. The van der Waals surface area contributed by atoms with Crippen molar-refractivity contribution in [3.8, 4) is 5.75 Å². The summed E-state index contributed by atoms with van der Waals surface area (Å²) in [7, 11) is 1.31. The quantitative estimate of drug-likeness (QED) is 0.786. The van der Waals surface area contributed by atoms with Crippen LogP contribution < -0.4 is 4.74 Å². The van der Waals surface area contributed by atoms with E-state index in [2.05, 4.69) is 4.98 Å². The Kier molecular flexibility index (Phi) is 4.48. The van der Waals surface area contributed by atoms with Gasteiger partial charge in [0.25, 0.3) is 0 Å². The first-order valence-electron chi connectivity index (χ1n) is 7.44. The van der Waals surface area contributed by atoms with Gasteiger partial charge in [-0.1, -0.05) is 0 Å². The van der Waals surface area contributed by atoms with E-state index in [1.54, 1.807) is 6.07 Å². The Morgan fingerprint density at radius 3 is 2.56 bits per heavy atom. The van der Waals surface area contributed by atoms with Crippen LogP contribution in [0.2, 0.25) is 0 Å². The summed E-state index contributed by atoms with van der Waals surface area (Å²) in [6.45, 7) is 0.197. The Morgan fingerprint density at radius 1 is 1.20 bits per heavy atom. The molecule has 1 aliphatic rings. The van der Waals surface area contributed by atoms with Crippen LogP contribution in [0.15, 0.2) is 42.1 Å². The van der Waals surface area contributed by atoms with Gasteiger partial charge in [0.1, 0.15) is 12.4 Å². The summed E-state index contributed by atoms with van der Waals surface area (Å²) in [5.41, 5.74) is 2.04. The van der Waals surface area contributed by atoms with Crippen molar-refractivity contribution in [1.29, 1.82) is 0 Å². The molecule has 0 amide bonds. The normalized spacial score (nSPS) is 13.2. The van der Waals surface area contributed by atoms with Crippen molar-refractivity contribution in [3.05, 3.63) is 64.5 Å². The SMILES string of the molecule is COC(=O)c1ccnc2c1CC(COc1ccc(C(F)(F)F)cc1)=C2. The zero-order chi connectivity index (χ0) is 18.0. The molecule has 0 saturated heterocycles. The maximum atomic E-state index is 12.5. The first-order valence-corrected chi connectivity index (χ1v) is 7.44. The van der Waals surface area contributed by atoms with Gasteiger partial charge >= 0.3 is 12.1 Å². The summed E-state index contributed by atoms with van der Waals surface area (Å²) >= 11 is 0. The minimum Gasteiger partial charge on any atom is -0.489 e. The van der Waals surface area contributed by atoms with E-state index in [1.165, 1.54) is 25.4 Å². The van der Waals surface area contributed by atoms with Crippen LogP contribution in [0.5, 0.6) is 5.75 Å². The van der Waals surface area contributed by atoms with Crippen molar-refractivity contribution >= 4 is 12.0 Å². The van der Waals surface area contributed by atoms with Crippen molar-refractivity contribution in [2.24, 2.45) is 0 Å². The van der Waals surface area contributed by atoms with E-state index in [1.807, 2.05) is 6.08 Å². The number of benzene rings is 1. The van der Waals surface area contributed by atoms with Crippen molar-refractivity contribution in [1.82, 2.24) is 4.98 Å². The number of hydrogen-bond acceptors (Lipinski definition) is 4. The van der Waals surface area contributed by atoms with Crippen LogP contribution in [-0.2, 0) is 17.3 Å². The van der Waals surface area contributed by atoms with Crippen LogP contribution in [0, 0.1) is 0 Å². The highest BCUT2D eigenvalue weighted by atomic mass is 19.4. The number of rotatable bonds is 4. The molecule has 0 spiro atoms. The molecule has 0 aliphatic heterocycles. The molecule has 130 valence electrons. The van der Waals surface area contributed by atoms with Crippen LogP contribution in [0.4, 0.5) is 13.2 Å². The number of carbonyl (C=O) groups excluding carboxylic acids is 1. The van der Waals surface area contributed by atoms with Gasteiger partial charge in [0.05, 0.1) is 23.9 Å². The second-order valence-corrected chi connectivity index (χ2v) is 5.50. The largest absolute Gasteiger partial charge is 0.489 e. The molecule has 1 aromatic heterocycles. The molecule has 1 aromatic carbocycles. The number of halogens is 3. The molecule has 0 radical (unpaired) electrons. The van der Waals surface area contributed by atoms with Crippen LogP contribution in [0.1, 0.15) is 27.2 Å². The number of ether oxygens (including phenoxy) is 2. The van der Waals surface area contributed by atoms with Crippen LogP contribution in [0.25, 0.3) is 6.08 Å². The van der Waals surface area contributed by atoms with E-state index < -0.39 is 17.7 Å². The lowest BCUT2D eigenvalue weighted by Crippen LogP contribution is -2.08. The summed E-state index contributed by atoms with van der Waals surface area (Å²) in [4.78, 5) is 16.0. The Morgan fingerprint density at radius 2 is 1.92 bits per heavy atom. The highest BCUT2D eigenvalue weighted by molar-refractivity contribution is 5.92. The monoisotopic (exact) mass is 349 g/mol. The summed E-state index contributed by atoms with van der Waals surface area (Å²) < 4.78 is 47.9. The molecule has 0 bridgehead atoms. The number of methoxy groups -OCH3 is 1. The lowest BCUT2D eigenvalue weighted by molar-refractivity contribution is -0.137. The number of aromatic nitrogens is 1. The van der Waals surface area contributed by atoms with Crippen LogP contribution in [0.3, 0.4) is 0 Å². The maximum absolute atomic E-state index is 12.5. The van der Waals surface area contributed by atoms with Gasteiger partial charge in [0.2, 0.25) is 0 Å². The Bertz CT molecular complexity index is 826.